The number of carbonyl (C=O) groups is 2. The summed E-state index contributed by atoms with van der Waals surface area (Å²) in [5.41, 5.74) is 8.96. The number of aliphatic hydroxyl groups is 2. The fourth-order valence-electron chi connectivity index (χ4n) is 8.45. The van der Waals surface area contributed by atoms with Gasteiger partial charge in [0.2, 0.25) is 0 Å². The van der Waals surface area contributed by atoms with Crippen LogP contribution in [0.2, 0.25) is 0 Å². The van der Waals surface area contributed by atoms with Gasteiger partial charge in [0.15, 0.2) is 0 Å². The highest BCUT2D eigenvalue weighted by atomic mass is 16.5. The highest BCUT2D eigenvalue weighted by Crippen LogP contribution is 2.46. The highest BCUT2D eigenvalue weighted by Gasteiger charge is 2.34. The van der Waals surface area contributed by atoms with Crippen LogP contribution in [-0.4, -0.2) is 48.6 Å². The van der Waals surface area contributed by atoms with Crippen LogP contribution in [0.1, 0.15) is 99.3 Å². The zero-order valence-corrected chi connectivity index (χ0v) is 28.3. The number of hydrogen-bond donors (Lipinski definition) is 2. The molecule has 0 radical (unpaired) electrons. The minimum atomic E-state index is -0.599. The van der Waals surface area contributed by atoms with Gasteiger partial charge in [0.1, 0.15) is 0 Å². The molecule has 0 heterocycles. The molecule has 0 amide bonds. The third-order valence-electron chi connectivity index (χ3n) is 11.3. The van der Waals surface area contributed by atoms with E-state index in [0.29, 0.717) is 18.3 Å². The number of ether oxygens (including phenoxy) is 2. The fraction of sp³-hybridized carbons (Fsp3) is 0.561. The van der Waals surface area contributed by atoms with Crippen LogP contribution in [0, 0.1) is 23.7 Å². The first-order valence-corrected chi connectivity index (χ1v) is 18.0. The van der Waals surface area contributed by atoms with Crippen LogP contribution >= 0.6 is 0 Å². The molecule has 1 atom stereocenters. The number of carbonyl (C=O) groups excluding carboxylic acids is 2. The van der Waals surface area contributed by atoms with Gasteiger partial charge in [0.05, 0.1) is 37.6 Å². The van der Waals surface area contributed by atoms with Gasteiger partial charge in [-0.2, -0.15) is 0 Å². The van der Waals surface area contributed by atoms with E-state index in [-0.39, 0.29) is 30.3 Å². The van der Waals surface area contributed by atoms with E-state index in [2.05, 4.69) is 56.5 Å². The van der Waals surface area contributed by atoms with Gasteiger partial charge in [0, 0.05) is 0 Å². The molecule has 2 N–H and O–H groups in total. The summed E-state index contributed by atoms with van der Waals surface area (Å²) in [6.07, 6.45) is 14.8. The lowest BCUT2D eigenvalue weighted by Crippen LogP contribution is -2.31. The largest absolute Gasteiger partial charge is 0.462 e. The SMILES string of the molecule is C=C(CO)C(=O)OCCC(COC(=O)C(=C)CO)C1CCC(C2CCC(c3ccc4c(c3)CCc3cc(CCC)ccc3-4)CC2)CC1. The quantitative estimate of drug-likeness (QED) is 0.162. The van der Waals surface area contributed by atoms with Gasteiger partial charge in [-0.15, -0.1) is 0 Å². The Hall–Kier alpha value is -3.22. The van der Waals surface area contributed by atoms with Crippen molar-refractivity contribution in [2.75, 3.05) is 26.4 Å². The fourth-order valence-corrected chi connectivity index (χ4v) is 8.45. The van der Waals surface area contributed by atoms with E-state index >= 15 is 0 Å². The molecule has 5 rings (SSSR count). The smallest absolute Gasteiger partial charge is 0.335 e. The van der Waals surface area contributed by atoms with Crippen LogP contribution in [0.3, 0.4) is 0 Å². The van der Waals surface area contributed by atoms with Crippen LogP contribution in [0.5, 0.6) is 0 Å². The summed E-state index contributed by atoms with van der Waals surface area (Å²) in [5, 5.41) is 18.4. The zero-order chi connectivity index (χ0) is 33.3. The number of fused-ring (bicyclic) bond motifs is 3. The van der Waals surface area contributed by atoms with Gasteiger partial charge >= 0.3 is 11.9 Å². The van der Waals surface area contributed by atoms with Gasteiger partial charge in [0.25, 0.3) is 0 Å². The average Bonchev–Trinajstić information content (AvgIpc) is 3.11. The predicted molar refractivity (Wildman–Crippen MR) is 186 cm³/mol. The standard InChI is InChI=1S/C41H54O6/c1-4-5-29-6-18-38-35(22-29)15-16-36-23-34(17-19-39(36)38)32-11-7-30(8-12-32)31-9-13-33(14-10-31)37(26-47-41(45)28(3)25-43)20-21-46-40(44)27(2)24-42/h6,17-19,22-23,30-33,37,42-43H,2-5,7-16,20-21,24-26H2,1H3. The topological polar surface area (TPSA) is 93.1 Å². The maximum Gasteiger partial charge on any atom is 0.335 e. The van der Waals surface area contributed by atoms with Crippen LogP contribution in [0.4, 0.5) is 0 Å². The Morgan fingerprint density at radius 2 is 1.36 bits per heavy atom. The number of benzene rings is 2. The third-order valence-corrected chi connectivity index (χ3v) is 11.3. The number of rotatable bonds is 14. The summed E-state index contributed by atoms with van der Waals surface area (Å²) in [6.45, 7) is 8.88. The van der Waals surface area contributed by atoms with Gasteiger partial charge < -0.3 is 19.7 Å². The minimum absolute atomic E-state index is 0.0284. The van der Waals surface area contributed by atoms with Gasteiger partial charge in [-0.25, -0.2) is 9.59 Å². The molecule has 3 aliphatic carbocycles. The van der Waals surface area contributed by atoms with Crippen molar-refractivity contribution < 1.29 is 29.3 Å². The van der Waals surface area contributed by atoms with Crippen molar-refractivity contribution in [3.05, 3.63) is 83.0 Å². The minimum Gasteiger partial charge on any atom is -0.462 e. The Bertz CT molecular complexity index is 1410. The molecule has 0 spiro atoms. The first-order valence-electron chi connectivity index (χ1n) is 18.0. The molecular formula is C41H54O6. The summed E-state index contributed by atoms with van der Waals surface area (Å²) >= 11 is 0. The van der Waals surface area contributed by atoms with Crippen LogP contribution < -0.4 is 0 Å². The molecular weight excluding hydrogens is 588 g/mol. The highest BCUT2D eigenvalue weighted by molar-refractivity contribution is 5.88. The van der Waals surface area contributed by atoms with Crippen molar-refractivity contribution >= 4 is 11.9 Å². The van der Waals surface area contributed by atoms with E-state index in [1.807, 2.05) is 0 Å². The number of aryl methyl sites for hydroxylation is 3. The molecule has 0 saturated heterocycles. The van der Waals surface area contributed by atoms with Gasteiger partial charge in [-0.1, -0.05) is 62.9 Å². The monoisotopic (exact) mass is 642 g/mol. The van der Waals surface area contributed by atoms with Crippen molar-refractivity contribution in [3.63, 3.8) is 0 Å². The Labute approximate surface area is 281 Å². The Morgan fingerprint density at radius 1 is 0.787 bits per heavy atom. The molecule has 0 aliphatic heterocycles. The molecule has 2 aromatic carbocycles. The molecule has 1 unspecified atom stereocenters. The average molecular weight is 643 g/mol. The Kier molecular flexibility index (Phi) is 12.5. The van der Waals surface area contributed by atoms with Gasteiger partial charge in [-0.3, -0.25) is 0 Å². The second kappa shape index (κ2) is 16.7. The normalized spacial score (nSPS) is 22.8. The summed E-state index contributed by atoms with van der Waals surface area (Å²) in [6, 6.07) is 14.4. The first kappa shape index (κ1) is 35.1. The van der Waals surface area contributed by atoms with E-state index in [1.165, 1.54) is 78.3 Å². The Balaban J connectivity index is 1.12. The van der Waals surface area contributed by atoms with Crippen molar-refractivity contribution in [1.29, 1.82) is 0 Å². The van der Waals surface area contributed by atoms with Crippen molar-refractivity contribution in [2.45, 2.75) is 96.3 Å². The number of aliphatic hydroxyl groups excluding tert-OH is 2. The molecule has 0 aromatic heterocycles. The lowest BCUT2D eigenvalue weighted by molar-refractivity contribution is -0.144. The van der Waals surface area contributed by atoms with E-state index in [1.54, 1.807) is 0 Å². The number of esters is 2. The maximum absolute atomic E-state index is 12.2. The lowest BCUT2D eigenvalue weighted by Gasteiger charge is -2.40. The molecule has 2 fully saturated rings. The van der Waals surface area contributed by atoms with Crippen molar-refractivity contribution in [1.82, 2.24) is 0 Å². The summed E-state index contributed by atoms with van der Waals surface area (Å²) < 4.78 is 10.8. The second-order valence-electron chi connectivity index (χ2n) is 14.3. The van der Waals surface area contributed by atoms with Crippen LogP contribution in [0.25, 0.3) is 11.1 Å². The van der Waals surface area contributed by atoms with Crippen LogP contribution in [-0.2, 0) is 38.3 Å². The van der Waals surface area contributed by atoms with Crippen molar-refractivity contribution in [3.8, 4) is 11.1 Å². The zero-order valence-electron chi connectivity index (χ0n) is 28.3. The van der Waals surface area contributed by atoms with E-state index < -0.39 is 25.2 Å². The predicted octanol–water partition coefficient (Wildman–Crippen LogP) is 7.67. The van der Waals surface area contributed by atoms with Crippen molar-refractivity contribution in [2.24, 2.45) is 23.7 Å². The number of hydrogen-bond acceptors (Lipinski definition) is 6. The molecule has 2 aromatic rings. The molecule has 3 aliphatic rings. The van der Waals surface area contributed by atoms with Gasteiger partial charge in [-0.05, 0) is 140 Å². The molecule has 47 heavy (non-hydrogen) atoms. The molecule has 0 bridgehead atoms. The van der Waals surface area contributed by atoms with E-state index in [9.17, 15) is 14.7 Å². The lowest BCUT2D eigenvalue weighted by atomic mass is 9.66. The second-order valence-corrected chi connectivity index (χ2v) is 14.3. The summed E-state index contributed by atoms with van der Waals surface area (Å²) in [4.78, 5) is 24.2. The summed E-state index contributed by atoms with van der Waals surface area (Å²) in [7, 11) is 0. The summed E-state index contributed by atoms with van der Waals surface area (Å²) in [5.74, 6) is 1.38. The molecule has 254 valence electrons. The molecule has 6 nitrogen and oxygen atoms in total. The van der Waals surface area contributed by atoms with E-state index in [4.69, 9.17) is 14.6 Å². The molecule has 2 saturated carbocycles. The Morgan fingerprint density at radius 3 is 1.98 bits per heavy atom. The first-order chi connectivity index (χ1) is 22.8. The van der Waals surface area contributed by atoms with E-state index in [0.717, 1.165) is 43.9 Å². The molecule has 6 heteroatoms. The van der Waals surface area contributed by atoms with Crippen LogP contribution in [0.15, 0.2) is 60.7 Å². The maximum atomic E-state index is 12.2. The third kappa shape index (κ3) is 8.83.